The van der Waals surface area contributed by atoms with Gasteiger partial charge >= 0.3 is 0 Å². The van der Waals surface area contributed by atoms with Crippen molar-refractivity contribution in [2.45, 2.75) is 38.7 Å². The van der Waals surface area contributed by atoms with E-state index in [0.717, 1.165) is 29.5 Å². The van der Waals surface area contributed by atoms with Crippen molar-refractivity contribution in [1.82, 2.24) is 0 Å². The molecule has 1 aliphatic rings. The van der Waals surface area contributed by atoms with Gasteiger partial charge in [-0.15, -0.1) is 0 Å². The SMILES string of the molecule is COc1cc(N)cc(COCC2CCCCC2)c1. The number of nitrogens with two attached hydrogens (primary N) is 1. The molecule has 2 N–H and O–H groups in total. The van der Waals surface area contributed by atoms with Crippen molar-refractivity contribution in [3.63, 3.8) is 0 Å². The molecular weight excluding hydrogens is 226 g/mol. The summed E-state index contributed by atoms with van der Waals surface area (Å²) in [7, 11) is 1.65. The molecule has 18 heavy (non-hydrogen) atoms. The Hall–Kier alpha value is -1.22. The van der Waals surface area contributed by atoms with Gasteiger partial charge in [-0.05, 0) is 36.5 Å². The van der Waals surface area contributed by atoms with Crippen LogP contribution in [-0.4, -0.2) is 13.7 Å². The van der Waals surface area contributed by atoms with Crippen molar-refractivity contribution in [1.29, 1.82) is 0 Å². The number of benzene rings is 1. The molecule has 0 bridgehead atoms. The smallest absolute Gasteiger partial charge is 0.121 e. The lowest BCUT2D eigenvalue weighted by atomic mass is 9.90. The van der Waals surface area contributed by atoms with Gasteiger partial charge in [0.25, 0.3) is 0 Å². The summed E-state index contributed by atoms with van der Waals surface area (Å²) in [5.41, 5.74) is 7.63. The van der Waals surface area contributed by atoms with Gasteiger partial charge in [0.05, 0.1) is 13.7 Å². The van der Waals surface area contributed by atoms with E-state index in [1.54, 1.807) is 7.11 Å². The highest BCUT2D eigenvalue weighted by molar-refractivity contribution is 5.47. The summed E-state index contributed by atoms with van der Waals surface area (Å²) >= 11 is 0. The van der Waals surface area contributed by atoms with Gasteiger partial charge in [-0.25, -0.2) is 0 Å². The van der Waals surface area contributed by atoms with E-state index in [1.807, 2.05) is 18.2 Å². The lowest BCUT2D eigenvalue weighted by molar-refractivity contribution is 0.0738. The van der Waals surface area contributed by atoms with E-state index >= 15 is 0 Å². The molecule has 3 heteroatoms. The predicted molar refractivity (Wildman–Crippen MR) is 73.6 cm³/mol. The van der Waals surface area contributed by atoms with Crippen LogP contribution in [0.15, 0.2) is 18.2 Å². The fourth-order valence-electron chi connectivity index (χ4n) is 2.58. The minimum atomic E-state index is 0.623. The molecule has 1 aliphatic carbocycles. The normalized spacial score (nSPS) is 16.7. The van der Waals surface area contributed by atoms with Crippen LogP contribution in [0.1, 0.15) is 37.7 Å². The Morgan fingerprint density at radius 2 is 1.94 bits per heavy atom. The lowest BCUT2D eigenvalue weighted by Crippen LogP contribution is -2.13. The van der Waals surface area contributed by atoms with Crippen molar-refractivity contribution in [3.8, 4) is 5.75 Å². The first kappa shape index (κ1) is 13.2. The Morgan fingerprint density at radius 3 is 2.67 bits per heavy atom. The van der Waals surface area contributed by atoms with Gasteiger partial charge in [0.2, 0.25) is 0 Å². The van der Waals surface area contributed by atoms with Gasteiger partial charge in [-0.3, -0.25) is 0 Å². The standard InChI is InChI=1S/C15H23NO2/c1-17-15-8-13(7-14(16)9-15)11-18-10-12-5-3-2-4-6-12/h7-9,12H,2-6,10-11,16H2,1H3. The van der Waals surface area contributed by atoms with Gasteiger partial charge in [0.15, 0.2) is 0 Å². The van der Waals surface area contributed by atoms with E-state index in [1.165, 1.54) is 32.1 Å². The van der Waals surface area contributed by atoms with E-state index in [0.29, 0.717) is 6.61 Å². The minimum Gasteiger partial charge on any atom is -0.497 e. The quantitative estimate of drug-likeness (QED) is 0.814. The third-order valence-electron chi connectivity index (χ3n) is 3.57. The van der Waals surface area contributed by atoms with E-state index < -0.39 is 0 Å². The van der Waals surface area contributed by atoms with Crippen LogP contribution in [0.3, 0.4) is 0 Å². The maximum Gasteiger partial charge on any atom is 0.121 e. The minimum absolute atomic E-state index is 0.623. The third-order valence-corrected chi connectivity index (χ3v) is 3.57. The van der Waals surface area contributed by atoms with Crippen molar-refractivity contribution < 1.29 is 9.47 Å². The van der Waals surface area contributed by atoms with Crippen LogP contribution in [-0.2, 0) is 11.3 Å². The number of anilines is 1. The summed E-state index contributed by atoms with van der Waals surface area (Å²) in [6, 6.07) is 5.76. The molecule has 0 amide bonds. The Balaban J connectivity index is 1.80. The van der Waals surface area contributed by atoms with Crippen LogP contribution >= 0.6 is 0 Å². The Morgan fingerprint density at radius 1 is 1.17 bits per heavy atom. The Kier molecular flexibility index (Phi) is 4.88. The average Bonchev–Trinajstić information content (AvgIpc) is 2.39. The molecular formula is C15H23NO2. The van der Waals surface area contributed by atoms with Gasteiger partial charge in [-0.1, -0.05) is 19.3 Å². The van der Waals surface area contributed by atoms with Crippen molar-refractivity contribution >= 4 is 5.69 Å². The zero-order chi connectivity index (χ0) is 12.8. The van der Waals surface area contributed by atoms with Crippen LogP contribution in [0.25, 0.3) is 0 Å². The van der Waals surface area contributed by atoms with E-state index in [4.69, 9.17) is 15.2 Å². The van der Waals surface area contributed by atoms with E-state index in [-0.39, 0.29) is 0 Å². The summed E-state index contributed by atoms with van der Waals surface area (Å²) in [5, 5.41) is 0. The number of nitrogen functional groups attached to an aromatic ring is 1. The fraction of sp³-hybridized carbons (Fsp3) is 0.600. The molecule has 2 rings (SSSR count). The van der Waals surface area contributed by atoms with Crippen molar-refractivity contribution in [2.24, 2.45) is 5.92 Å². The second-order valence-electron chi connectivity index (χ2n) is 5.13. The average molecular weight is 249 g/mol. The third kappa shape index (κ3) is 3.91. The first-order chi connectivity index (χ1) is 8.78. The van der Waals surface area contributed by atoms with Gasteiger partial charge in [0.1, 0.15) is 5.75 Å². The molecule has 1 fully saturated rings. The number of hydrogen-bond acceptors (Lipinski definition) is 3. The second kappa shape index (κ2) is 6.64. The molecule has 1 saturated carbocycles. The van der Waals surface area contributed by atoms with Crippen molar-refractivity contribution in [3.05, 3.63) is 23.8 Å². The van der Waals surface area contributed by atoms with Gasteiger partial charge in [0, 0.05) is 18.4 Å². The highest BCUT2D eigenvalue weighted by Gasteiger charge is 2.13. The van der Waals surface area contributed by atoms with E-state index in [2.05, 4.69) is 0 Å². The first-order valence-corrected chi connectivity index (χ1v) is 6.79. The summed E-state index contributed by atoms with van der Waals surface area (Å²) < 4.78 is 11.0. The number of methoxy groups -OCH3 is 1. The Labute approximate surface area is 109 Å². The molecule has 0 unspecified atom stereocenters. The van der Waals surface area contributed by atoms with Crippen LogP contribution in [0.2, 0.25) is 0 Å². The van der Waals surface area contributed by atoms with Gasteiger partial charge < -0.3 is 15.2 Å². The lowest BCUT2D eigenvalue weighted by Gasteiger charge is -2.21. The number of rotatable bonds is 5. The molecule has 100 valence electrons. The number of ether oxygens (including phenoxy) is 2. The molecule has 0 heterocycles. The van der Waals surface area contributed by atoms with Crippen LogP contribution in [0, 0.1) is 5.92 Å². The maximum absolute atomic E-state index is 5.81. The zero-order valence-corrected chi connectivity index (χ0v) is 11.2. The van der Waals surface area contributed by atoms with Crippen LogP contribution in [0.5, 0.6) is 5.75 Å². The predicted octanol–water partition coefficient (Wildman–Crippen LogP) is 3.37. The molecule has 0 radical (unpaired) electrons. The molecule has 0 aliphatic heterocycles. The monoisotopic (exact) mass is 249 g/mol. The topological polar surface area (TPSA) is 44.5 Å². The van der Waals surface area contributed by atoms with Crippen molar-refractivity contribution in [2.75, 3.05) is 19.5 Å². The highest BCUT2D eigenvalue weighted by atomic mass is 16.5. The zero-order valence-electron chi connectivity index (χ0n) is 11.2. The maximum atomic E-state index is 5.81. The summed E-state index contributed by atoms with van der Waals surface area (Å²) in [6.07, 6.45) is 6.75. The summed E-state index contributed by atoms with van der Waals surface area (Å²) in [5.74, 6) is 1.55. The molecule has 1 aromatic rings. The van der Waals surface area contributed by atoms with Gasteiger partial charge in [-0.2, -0.15) is 0 Å². The molecule has 0 saturated heterocycles. The van der Waals surface area contributed by atoms with Crippen LogP contribution < -0.4 is 10.5 Å². The Bertz CT molecular complexity index is 373. The first-order valence-electron chi connectivity index (χ1n) is 6.79. The van der Waals surface area contributed by atoms with Crippen LogP contribution in [0.4, 0.5) is 5.69 Å². The number of hydrogen-bond donors (Lipinski definition) is 1. The largest absolute Gasteiger partial charge is 0.497 e. The second-order valence-corrected chi connectivity index (χ2v) is 5.13. The molecule has 0 spiro atoms. The van der Waals surface area contributed by atoms with E-state index in [9.17, 15) is 0 Å². The highest BCUT2D eigenvalue weighted by Crippen LogP contribution is 2.24. The summed E-state index contributed by atoms with van der Waals surface area (Å²) in [6.45, 7) is 1.50. The molecule has 0 aromatic heterocycles. The fourth-order valence-corrected chi connectivity index (χ4v) is 2.58. The summed E-state index contributed by atoms with van der Waals surface area (Å²) in [4.78, 5) is 0. The molecule has 1 aromatic carbocycles. The molecule has 3 nitrogen and oxygen atoms in total. The molecule has 0 atom stereocenters.